The Morgan fingerprint density at radius 3 is 2.18 bits per heavy atom. The molecule has 0 spiro atoms. The number of benzene rings is 3. The van der Waals surface area contributed by atoms with Gasteiger partial charge in [0.05, 0.1) is 6.54 Å². The Labute approximate surface area is 195 Å². The molecule has 2 heterocycles. The summed E-state index contributed by atoms with van der Waals surface area (Å²) >= 11 is -1.32. The molecule has 166 valence electrons. The lowest BCUT2D eigenvalue weighted by molar-refractivity contribution is 0.288. The normalized spacial score (nSPS) is 14.6. The molecule has 0 amide bonds. The molecule has 0 N–H and O–H groups in total. The number of para-hydroxylation sites is 1. The largest absolute Gasteiger partial charge is 0.609 e. The van der Waals surface area contributed by atoms with Gasteiger partial charge in [-0.2, -0.15) is 0 Å². The highest BCUT2D eigenvalue weighted by atomic mass is 32.2. The van der Waals surface area contributed by atoms with Gasteiger partial charge in [0.1, 0.15) is 12.4 Å². The zero-order valence-corrected chi connectivity index (χ0v) is 18.8. The number of hydrogen-bond donors (Lipinski definition) is 0. The van der Waals surface area contributed by atoms with E-state index in [-0.39, 0.29) is 23.2 Å². The number of aromatic nitrogens is 2. The molecule has 0 bridgehead atoms. The number of ether oxygens (including phenoxy) is 1. The summed E-state index contributed by atoms with van der Waals surface area (Å²) in [6.07, 6.45) is 0. The lowest BCUT2D eigenvalue weighted by Crippen LogP contribution is -2.31. The lowest BCUT2D eigenvalue weighted by atomic mass is 10.2. The second-order valence-electron chi connectivity index (χ2n) is 7.74. The standard InChI is InChI=1S/C26H23N3O3S/c30-25-23(29(22-14-8-3-9-15-22)18-20-10-4-1-5-11-20)24(27-26-28(25)16-17-33(26)31)32-19-21-12-6-2-7-13-21/h1-15H,16-19H2. The van der Waals surface area contributed by atoms with Crippen LogP contribution in [-0.4, -0.2) is 19.9 Å². The Morgan fingerprint density at radius 2 is 1.52 bits per heavy atom. The van der Waals surface area contributed by atoms with Crippen LogP contribution in [0.2, 0.25) is 0 Å². The van der Waals surface area contributed by atoms with Crippen molar-refractivity contribution in [2.45, 2.75) is 24.9 Å². The van der Waals surface area contributed by atoms with Crippen LogP contribution >= 0.6 is 0 Å². The van der Waals surface area contributed by atoms with Crippen molar-refractivity contribution in [3.63, 3.8) is 0 Å². The first kappa shape index (κ1) is 21.3. The molecule has 4 aromatic rings. The number of rotatable bonds is 7. The van der Waals surface area contributed by atoms with Crippen LogP contribution in [0.3, 0.4) is 0 Å². The van der Waals surface area contributed by atoms with E-state index in [0.29, 0.717) is 24.5 Å². The first-order chi connectivity index (χ1) is 16.2. The molecule has 1 aromatic heterocycles. The monoisotopic (exact) mass is 457 g/mol. The molecule has 0 saturated carbocycles. The van der Waals surface area contributed by atoms with Crippen LogP contribution in [0, 0.1) is 0 Å². The van der Waals surface area contributed by atoms with Gasteiger partial charge in [-0.25, -0.2) is 4.57 Å². The van der Waals surface area contributed by atoms with Crippen LogP contribution in [0.4, 0.5) is 11.4 Å². The maximum Gasteiger partial charge on any atom is 0.329 e. The van der Waals surface area contributed by atoms with E-state index in [0.717, 1.165) is 16.8 Å². The molecule has 33 heavy (non-hydrogen) atoms. The van der Waals surface area contributed by atoms with Crippen LogP contribution in [0.15, 0.2) is 101 Å². The predicted molar refractivity (Wildman–Crippen MR) is 129 cm³/mol. The highest BCUT2D eigenvalue weighted by Crippen LogP contribution is 2.33. The van der Waals surface area contributed by atoms with Gasteiger partial charge in [-0.3, -0.25) is 4.79 Å². The minimum absolute atomic E-state index is 0.199. The molecule has 5 rings (SSSR count). The zero-order valence-electron chi connectivity index (χ0n) is 18.0. The van der Waals surface area contributed by atoms with E-state index < -0.39 is 11.2 Å². The fourth-order valence-electron chi connectivity index (χ4n) is 3.87. The second kappa shape index (κ2) is 9.52. The number of nitrogens with zero attached hydrogens (tertiary/aromatic N) is 3. The molecule has 6 nitrogen and oxygen atoms in total. The Balaban J connectivity index is 1.63. The van der Waals surface area contributed by atoms with Crippen molar-refractivity contribution in [1.29, 1.82) is 0 Å². The lowest BCUT2D eigenvalue weighted by Gasteiger charge is -2.26. The van der Waals surface area contributed by atoms with Crippen molar-refractivity contribution >= 4 is 22.6 Å². The van der Waals surface area contributed by atoms with Gasteiger partial charge in [0.25, 0.3) is 5.56 Å². The summed E-state index contributed by atoms with van der Waals surface area (Å²) < 4.78 is 20.1. The summed E-state index contributed by atoms with van der Waals surface area (Å²) in [6, 6.07) is 29.4. The smallest absolute Gasteiger partial charge is 0.329 e. The van der Waals surface area contributed by atoms with Gasteiger partial charge in [0.2, 0.25) is 5.88 Å². The van der Waals surface area contributed by atoms with Crippen molar-refractivity contribution in [1.82, 2.24) is 9.55 Å². The van der Waals surface area contributed by atoms with E-state index >= 15 is 0 Å². The van der Waals surface area contributed by atoms with Crippen molar-refractivity contribution < 1.29 is 9.29 Å². The Bertz CT molecular complexity index is 1280. The summed E-state index contributed by atoms with van der Waals surface area (Å²) in [5.74, 6) is 0.582. The van der Waals surface area contributed by atoms with E-state index in [1.165, 1.54) is 4.57 Å². The van der Waals surface area contributed by atoms with Crippen molar-refractivity contribution in [2.75, 3.05) is 10.7 Å². The van der Waals surface area contributed by atoms with Gasteiger partial charge >= 0.3 is 5.16 Å². The molecule has 0 fully saturated rings. The minimum Gasteiger partial charge on any atom is -0.609 e. The first-order valence-corrected chi connectivity index (χ1v) is 12.1. The summed E-state index contributed by atoms with van der Waals surface area (Å²) in [5, 5.41) is 0.277. The fourth-order valence-corrected chi connectivity index (χ4v) is 5.01. The van der Waals surface area contributed by atoms with E-state index in [2.05, 4.69) is 4.98 Å². The summed E-state index contributed by atoms with van der Waals surface area (Å²) in [4.78, 5) is 20.2. The van der Waals surface area contributed by atoms with Gasteiger partial charge in [-0.15, -0.1) is 4.98 Å². The van der Waals surface area contributed by atoms with E-state index in [9.17, 15) is 9.35 Å². The molecule has 0 aliphatic carbocycles. The molecule has 0 saturated heterocycles. The maximum absolute atomic E-state index is 13.7. The van der Waals surface area contributed by atoms with Crippen LogP contribution < -0.4 is 15.2 Å². The summed E-state index contributed by atoms with van der Waals surface area (Å²) in [6.45, 7) is 1.10. The van der Waals surface area contributed by atoms with E-state index in [4.69, 9.17) is 4.74 Å². The van der Waals surface area contributed by atoms with Crippen LogP contribution in [-0.2, 0) is 30.9 Å². The maximum atomic E-state index is 13.7. The Hall–Kier alpha value is -3.55. The highest BCUT2D eigenvalue weighted by molar-refractivity contribution is 7.91. The molecule has 7 heteroatoms. The van der Waals surface area contributed by atoms with Gasteiger partial charge in [0.15, 0.2) is 5.69 Å². The third-order valence-electron chi connectivity index (χ3n) is 5.52. The Kier molecular flexibility index (Phi) is 6.15. The van der Waals surface area contributed by atoms with Crippen molar-refractivity contribution in [3.05, 3.63) is 112 Å². The molecule has 1 aliphatic rings. The van der Waals surface area contributed by atoms with Gasteiger partial charge in [0, 0.05) is 23.4 Å². The van der Waals surface area contributed by atoms with Gasteiger partial charge in [-0.05, 0) is 23.3 Å². The molecular weight excluding hydrogens is 434 g/mol. The molecule has 1 aliphatic heterocycles. The highest BCUT2D eigenvalue weighted by Gasteiger charge is 2.33. The van der Waals surface area contributed by atoms with Gasteiger partial charge < -0.3 is 14.2 Å². The number of hydrogen-bond acceptors (Lipinski definition) is 5. The molecule has 1 atom stereocenters. The summed E-state index contributed by atoms with van der Waals surface area (Å²) in [5.41, 5.74) is 2.96. The SMILES string of the molecule is O=c1c(N(Cc2ccccc2)c2ccccc2)c(OCc2ccccc2)nc2n1CC[S+]2[O-]. The predicted octanol–water partition coefficient (Wildman–Crippen LogP) is 4.28. The zero-order chi connectivity index (χ0) is 22.6. The topological polar surface area (TPSA) is 70.4 Å². The van der Waals surface area contributed by atoms with Gasteiger partial charge in [-0.1, -0.05) is 78.9 Å². The van der Waals surface area contributed by atoms with Crippen molar-refractivity contribution in [2.24, 2.45) is 0 Å². The first-order valence-electron chi connectivity index (χ1n) is 10.8. The molecule has 1 unspecified atom stereocenters. The number of anilines is 2. The number of fused-ring (bicyclic) bond motifs is 1. The quantitative estimate of drug-likeness (QED) is 0.306. The second-order valence-corrected chi connectivity index (χ2v) is 9.20. The third kappa shape index (κ3) is 4.51. The van der Waals surface area contributed by atoms with E-state index in [1.54, 1.807) is 0 Å². The average Bonchev–Trinajstić information content (AvgIpc) is 3.24. The minimum atomic E-state index is -1.32. The fraction of sp³-hybridized carbons (Fsp3) is 0.154. The summed E-state index contributed by atoms with van der Waals surface area (Å²) in [7, 11) is 0. The Morgan fingerprint density at radius 1 is 0.909 bits per heavy atom. The molecule has 0 radical (unpaired) electrons. The van der Waals surface area contributed by atoms with E-state index in [1.807, 2.05) is 95.9 Å². The van der Waals surface area contributed by atoms with Crippen LogP contribution in [0.5, 0.6) is 5.88 Å². The average molecular weight is 458 g/mol. The third-order valence-corrected chi connectivity index (χ3v) is 6.79. The van der Waals surface area contributed by atoms with Crippen molar-refractivity contribution in [3.8, 4) is 5.88 Å². The van der Waals surface area contributed by atoms with Crippen LogP contribution in [0.25, 0.3) is 0 Å². The molecule has 3 aromatic carbocycles. The van der Waals surface area contributed by atoms with Crippen LogP contribution in [0.1, 0.15) is 11.1 Å². The molecular formula is C26H23N3O3S.